The predicted molar refractivity (Wildman–Crippen MR) is 97.0 cm³/mol. The van der Waals surface area contributed by atoms with Crippen LogP contribution in [0.3, 0.4) is 0 Å². The number of nitrogens with two attached hydrogens (primary N) is 1. The molecule has 0 atom stereocenters. The van der Waals surface area contributed by atoms with Crippen molar-refractivity contribution in [3.05, 3.63) is 75.1 Å². The second kappa shape index (κ2) is 9.49. The average molecular weight is 476 g/mol. The van der Waals surface area contributed by atoms with Gasteiger partial charge in [0.2, 0.25) is 5.91 Å². The van der Waals surface area contributed by atoms with Crippen LogP contribution in [0.4, 0.5) is 26.3 Å². The topological polar surface area (TPSA) is 97.5 Å². The maximum absolute atomic E-state index is 12.4. The maximum atomic E-state index is 12.4. The fourth-order valence-corrected chi connectivity index (χ4v) is 2.47. The molecule has 0 saturated carbocycles. The van der Waals surface area contributed by atoms with E-state index in [1.165, 1.54) is 6.08 Å². The van der Waals surface area contributed by atoms with Gasteiger partial charge in [0.05, 0.1) is 22.1 Å². The summed E-state index contributed by atoms with van der Waals surface area (Å²) in [4.78, 5) is 10.7. The molecule has 13 heteroatoms. The lowest BCUT2D eigenvalue weighted by atomic mass is 10.0. The van der Waals surface area contributed by atoms with Crippen LogP contribution in [-0.4, -0.2) is 18.9 Å². The van der Waals surface area contributed by atoms with Crippen molar-refractivity contribution >= 4 is 33.7 Å². The molecule has 3 N–H and O–H groups in total. The molecule has 2 rings (SSSR count). The van der Waals surface area contributed by atoms with Crippen LogP contribution in [0.25, 0.3) is 6.08 Å². The lowest BCUT2D eigenvalue weighted by Gasteiger charge is -2.14. The van der Waals surface area contributed by atoms with Gasteiger partial charge in [0.15, 0.2) is 0 Å². The fourth-order valence-electron chi connectivity index (χ4n) is 1.94. The van der Waals surface area contributed by atoms with E-state index in [9.17, 15) is 39.6 Å². The van der Waals surface area contributed by atoms with Crippen LogP contribution in [-0.2, 0) is 22.5 Å². The van der Waals surface area contributed by atoms with Crippen molar-refractivity contribution in [2.24, 2.45) is 5.73 Å². The molecule has 30 heavy (non-hydrogen) atoms. The summed E-state index contributed by atoms with van der Waals surface area (Å²) in [6.07, 6.45) is -8.73. The first kappa shape index (κ1) is 25.5. The molecule has 0 bridgehead atoms. The summed E-state index contributed by atoms with van der Waals surface area (Å²) >= 11 is 5.65. The summed E-state index contributed by atoms with van der Waals surface area (Å²) in [5.41, 5.74) is 1.09. The van der Waals surface area contributed by atoms with Gasteiger partial charge in [0.1, 0.15) is 0 Å². The number of halogens is 7. The number of hydrogen-bond acceptors (Lipinski definition) is 3. The largest absolute Gasteiger partial charge is 0.417 e. The highest BCUT2D eigenvalue weighted by atomic mass is 35.5. The van der Waals surface area contributed by atoms with E-state index in [1.54, 1.807) is 24.3 Å². The van der Waals surface area contributed by atoms with E-state index >= 15 is 0 Å². The van der Waals surface area contributed by atoms with Gasteiger partial charge in [0.25, 0.3) is 10.1 Å². The molecule has 0 aliphatic carbocycles. The van der Waals surface area contributed by atoms with E-state index in [4.69, 9.17) is 16.2 Å². The van der Waals surface area contributed by atoms with Gasteiger partial charge >= 0.3 is 12.4 Å². The van der Waals surface area contributed by atoms with Crippen LogP contribution in [0.2, 0.25) is 5.02 Å². The van der Waals surface area contributed by atoms with E-state index in [2.05, 4.69) is 5.73 Å². The normalized spacial score (nSPS) is 12.4. The molecule has 0 aliphatic rings. The first-order valence-electron chi connectivity index (χ1n) is 7.50. The summed E-state index contributed by atoms with van der Waals surface area (Å²) < 4.78 is 103. The number of primary amides is 1. The van der Waals surface area contributed by atoms with Crippen LogP contribution in [0, 0.1) is 0 Å². The van der Waals surface area contributed by atoms with E-state index in [-0.39, 0.29) is 6.07 Å². The number of carbonyl (C=O) groups excluding carboxylic acids is 1. The van der Waals surface area contributed by atoms with E-state index in [1.807, 2.05) is 0 Å². The zero-order chi connectivity index (χ0) is 23.3. The van der Waals surface area contributed by atoms with Crippen LogP contribution < -0.4 is 5.73 Å². The van der Waals surface area contributed by atoms with Crippen molar-refractivity contribution in [1.82, 2.24) is 0 Å². The Labute approximate surface area is 171 Å². The molecule has 2 aromatic carbocycles. The van der Waals surface area contributed by atoms with Crippen molar-refractivity contribution in [3.63, 3.8) is 0 Å². The highest BCUT2D eigenvalue weighted by Gasteiger charge is 2.39. The summed E-state index contributed by atoms with van der Waals surface area (Å²) in [6.45, 7) is 0. The number of rotatable bonds is 3. The minimum absolute atomic E-state index is 0.139. The van der Waals surface area contributed by atoms with Crippen LogP contribution in [0.5, 0.6) is 0 Å². The summed E-state index contributed by atoms with van der Waals surface area (Å²) in [6, 6.07) is 7.26. The third-order valence-corrected chi connectivity index (χ3v) is 3.91. The summed E-state index contributed by atoms with van der Waals surface area (Å²) in [5, 5.41) is 1.22. The Bertz CT molecular complexity index is 1050. The molecule has 1 amide bonds. The lowest BCUT2D eigenvalue weighted by molar-refractivity contribution is -0.143. The third kappa shape index (κ3) is 8.43. The molecule has 0 spiro atoms. The molecular formula is C17H12ClF6NO4S. The van der Waals surface area contributed by atoms with Crippen LogP contribution in [0.15, 0.2) is 47.9 Å². The summed E-state index contributed by atoms with van der Waals surface area (Å²) in [7, 11) is -4.06. The number of hydrogen-bond donors (Lipinski definition) is 2. The molecule has 0 heterocycles. The first-order valence-corrected chi connectivity index (χ1v) is 9.38. The Morgan fingerprint density at radius 1 is 1.00 bits per heavy atom. The van der Waals surface area contributed by atoms with E-state index in [0.29, 0.717) is 28.1 Å². The highest BCUT2D eigenvalue weighted by molar-refractivity contribution is 7.88. The Hall–Kier alpha value is -2.57. The second-order valence-electron chi connectivity index (χ2n) is 5.49. The smallest absolute Gasteiger partial charge is 0.366 e. The molecule has 0 radical (unpaired) electrons. The molecule has 0 saturated heterocycles. The standard InChI is InChI=1S/C9H5F6NO.C8H7ClO3S/c10-8(11,12)4-1-2-5(7(16)17)6(3-4)9(13,14)15;9-8-3-1-2-7(6-8)4-5-13(10,11)12/h1-3H,(H2,16,17);1-6H,(H,10,11,12)/b;5-4+. The molecule has 0 aromatic heterocycles. The highest BCUT2D eigenvalue weighted by Crippen LogP contribution is 2.37. The Kier molecular flexibility index (Phi) is 8.06. The Morgan fingerprint density at radius 3 is 2.03 bits per heavy atom. The predicted octanol–water partition coefficient (Wildman–Crippen LogP) is 5.02. The average Bonchev–Trinajstić information content (AvgIpc) is 2.58. The molecule has 0 fully saturated rings. The number of alkyl halides is 6. The number of benzene rings is 2. The SMILES string of the molecule is NC(=O)c1ccc(C(F)(F)F)cc1C(F)(F)F.O=S(=O)(O)/C=C/c1cccc(Cl)c1. The van der Waals surface area contributed by atoms with Gasteiger partial charge < -0.3 is 5.73 Å². The van der Waals surface area contributed by atoms with Crippen molar-refractivity contribution in [3.8, 4) is 0 Å². The molecule has 164 valence electrons. The molecule has 0 aliphatic heterocycles. The minimum Gasteiger partial charge on any atom is -0.366 e. The Morgan fingerprint density at radius 2 is 1.60 bits per heavy atom. The zero-order valence-corrected chi connectivity index (χ0v) is 16.1. The van der Waals surface area contributed by atoms with E-state index in [0.717, 1.165) is 0 Å². The molecule has 5 nitrogen and oxygen atoms in total. The van der Waals surface area contributed by atoms with E-state index < -0.39 is 45.1 Å². The molecule has 2 aromatic rings. The van der Waals surface area contributed by atoms with Gasteiger partial charge in [-0.05, 0) is 42.0 Å². The quantitative estimate of drug-likeness (QED) is 0.481. The summed E-state index contributed by atoms with van der Waals surface area (Å²) in [5.74, 6) is -1.44. The van der Waals surface area contributed by atoms with Crippen molar-refractivity contribution < 1.29 is 44.1 Å². The fraction of sp³-hybridized carbons (Fsp3) is 0.118. The minimum atomic E-state index is -5.08. The first-order chi connectivity index (χ1) is 13.5. The van der Waals surface area contributed by atoms with Crippen molar-refractivity contribution in [2.45, 2.75) is 12.4 Å². The van der Waals surface area contributed by atoms with Gasteiger partial charge in [-0.25, -0.2) is 0 Å². The molecular weight excluding hydrogens is 464 g/mol. The van der Waals surface area contributed by atoms with Gasteiger partial charge in [-0.15, -0.1) is 0 Å². The van der Waals surface area contributed by atoms with Gasteiger partial charge in [-0.3, -0.25) is 9.35 Å². The zero-order valence-electron chi connectivity index (χ0n) is 14.5. The van der Waals surface area contributed by atoms with Crippen LogP contribution in [0.1, 0.15) is 27.0 Å². The lowest BCUT2D eigenvalue weighted by Crippen LogP contribution is -2.20. The van der Waals surface area contributed by atoms with Crippen molar-refractivity contribution in [1.29, 1.82) is 0 Å². The Balaban J connectivity index is 0.000000311. The van der Waals surface area contributed by atoms with Gasteiger partial charge in [0, 0.05) is 5.02 Å². The van der Waals surface area contributed by atoms with Crippen LogP contribution >= 0.6 is 11.6 Å². The number of amides is 1. The van der Waals surface area contributed by atoms with Gasteiger partial charge in [-0.2, -0.15) is 34.8 Å². The number of carbonyl (C=O) groups is 1. The third-order valence-electron chi connectivity index (χ3n) is 3.20. The van der Waals surface area contributed by atoms with Crippen molar-refractivity contribution in [2.75, 3.05) is 0 Å². The maximum Gasteiger partial charge on any atom is 0.417 e. The monoisotopic (exact) mass is 475 g/mol. The van der Waals surface area contributed by atoms with Gasteiger partial charge in [-0.1, -0.05) is 23.7 Å². The molecule has 0 unspecified atom stereocenters. The second-order valence-corrected chi connectivity index (χ2v) is 7.23.